The van der Waals surface area contributed by atoms with Crippen LogP contribution in [0.1, 0.15) is 5.56 Å². The van der Waals surface area contributed by atoms with Crippen molar-refractivity contribution in [3.8, 4) is 11.6 Å². The number of hydrogen-bond donors (Lipinski definition) is 0. The standard InChI is InChI=1S/C12H9BrN2O3/c1-8-6-11(13)12(14-7-8)18-10-4-2-9(3-5-10)15(16)17/h2-7H,1H3. The van der Waals surface area contributed by atoms with Crippen LogP contribution in [0, 0.1) is 17.0 Å². The highest BCUT2D eigenvalue weighted by Gasteiger charge is 2.07. The van der Waals surface area contributed by atoms with Crippen LogP contribution in [0.25, 0.3) is 0 Å². The van der Waals surface area contributed by atoms with Crippen molar-refractivity contribution in [2.24, 2.45) is 0 Å². The van der Waals surface area contributed by atoms with Crippen molar-refractivity contribution >= 4 is 21.6 Å². The predicted molar refractivity (Wildman–Crippen MR) is 69.8 cm³/mol. The second kappa shape index (κ2) is 5.14. The summed E-state index contributed by atoms with van der Waals surface area (Å²) in [4.78, 5) is 14.2. The van der Waals surface area contributed by atoms with Gasteiger partial charge in [0.05, 0.1) is 9.40 Å². The van der Waals surface area contributed by atoms with Crippen molar-refractivity contribution in [2.45, 2.75) is 6.92 Å². The number of non-ortho nitro benzene ring substituents is 1. The van der Waals surface area contributed by atoms with E-state index in [1.165, 1.54) is 24.3 Å². The van der Waals surface area contributed by atoms with Crippen LogP contribution in [-0.2, 0) is 0 Å². The second-order valence-corrected chi connectivity index (χ2v) is 4.51. The van der Waals surface area contributed by atoms with Crippen LogP contribution in [0.15, 0.2) is 41.0 Å². The molecule has 6 heteroatoms. The van der Waals surface area contributed by atoms with Crippen LogP contribution in [0.4, 0.5) is 5.69 Å². The monoisotopic (exact) mass is 308 g/mol. The summed E-state index contributed by atoms with van der Waals surface area (Å²) in [5.74, 6) is 0.923. The molecule has 92 valence electrons. The van der Waals surface area contributed by atoms with E-state index in [0.717, 1.165) is 10.0 Å². The molecule has 0 bridgehead atoms. The Morgan fingerprint density at radius 2 is 2.00 bits per heavy atom. The molecule has 0 aliphatic carbocycles. The lowest BCUT2D eigenvalue weighted by atomic mass is 10.3. The first kappa shape index (κ1) is 12.5. The van der Waals surface area contributed by atoms with Gasteiger partial charge < -0.3 is 4.74 Å². The van der Waals surface area contributed by atoms with E-state index >= 15 is 0 Å². The van der Waals surface area contributed by atoms with E-state index in [0.29, 0.717) is 11.6 Å². The second-order valence-electron chi connectivity index (χ2n) is 3.65. The molecule has 2 aromatic rings. The van der Waals surface area contributed by atoms with Crippen molar-refractivity contribution in [1.82, 2.24) is 4.98 Å². The number of hydrogen-bond acceptors (Lipinski definition) is 4. The lowest BCUT2D eigenvalue weighted by Crippen LogP contribution is -1.91. The van der Waals surface area contributed by atoms with Crippen molar-refractivity contribution < 1.29 is 9.66 Å². The largest absolute Gasteiger partial charge is 0.438 e. The molecule has 0 aliphatic rings. The van der Waals surface area contributed by atoms with Gasteiger partial charge in [-0.1, -0.05) is 0 Å². The predicted octanol–water partition coefficient (Wildman–Crippen LogP) is 3.85. The molecule has 0 aliphatic heterocycles. The molecule has 0 fully saturated rings. The van der Waals surface area contributed by atoms with Gasteiger partial charge in [0.25, 0.3) is 5.69 Å². The van der Waals surface area contributed by atoms with E-state index in [1.54, 1.807) is 6.20 Å². The summed E-state index contributed by atoms with van der Waals surface area (Å²) < 4.78 is 6.26. The fourth-order valence-electron chi connectivity index (χ4n) is 1.34. The van der Waals surface area contributed by atoms with Crippen molar-refractivity contribution in [3.05, 3.63) is 56.7 Å². The number of ether oxygens (including phenoxy) is 1. The van der Waals surface area contributed by atoms with Gasteiger partial charge in [0.1, 0.15) is 5.75 Å². The molecule has 18 heavy (non-hydrogen) atoms. The number of halogens is 1. The Labute approximate surface area is 112 Å². The van der Waals surface area contributed by atoms with Gasteiger partial charge in [-0.05, 0) is 46.6 Å². The van der Waals surface area contributed by atoms with Crippen LogP contribution < -0.4 is 4.74 Å². The molecule has 1 aromatic heterocycles. The minimum atomic E-state index is -0.455. The minimum absolute atomic E-state index is 0.0262. The summed E-state index contributed by atoms with van der Waals surface area (Å²) in [7, 11) is 0. The summed E-state index contributed by atoms with van der Waals surface area (Å²) in [6, 6.07) is 7.72. The van der Waals surface area contributed by atoms with Gasteiger partial charge in [-0.3, -0.25) is 10.1 Å². The molecule has 5 nitrogen and oxygen atoms in total. The fourth-order valence-corrected chi connectivity index (χ4v) is 1.89. The van der Waals surface area contributed by atoms with E-state index in [2.05, 4.69) is 20.9 Å². The van der Waals surface area contributed by atoms with Crippen molar-refractivity contribution in [2.75, 3.05) is 0 Å². The lowest BCUT2D eigenvalue weighted by Gasteiger charge is -2.06. The van der Waals surface area contributed by atoms with E-state index in [-0.39, 0.29) is 5.69 Å². The molecule has 0 amide bonds. The van der Waals surface area contributed by atoms with E-state index in [4.69, 9.17) is 4.74 Å². The zero-order valence-electron chi connectivity index (χ0n) is 9.46. The first-order valence-corrected chi connectivity index (χ1v) is 5.90. The Bertz CT molecular complexity index is 584. The normalized spacial score (nSPS) is 10.1. The van der Waals surface area contributed by atoms with Gasteiger partial charge in [-0.15, -0.1) is 0 Å². The van der Waals surface area contributed by atoms with Crippen LogP contribution in [0.2, 0.25) is 0 Å². The first-order chi connectivity index (χ1) is 8.56. The van der Waals surface area contributed by atoms with Gasteiger partial charge in [0.15, 0.2) is 0 Å². The molecular formula is C12H9BrN2O3. The Balaban J connectivity index is 2.21. The Morgan fingerprint density at radius 1 is 1.33 bits per heavy atom. The molecule has 2 rings (SSSR count). The van der Waals surface area contributed by atoms with Gasteiger partial charge in [-0.2, -0.15) is 0 Å². The van der Waals surface area contributed by atoms with Gasteiger partial charge in [0, 0.05) is 18.3 Å². The summed E-state index contributed by atoms with van der Waals surface area (Å²) >= 11 is 3.35. The zero-order valence-corrected chi connectivity index (χ0v) is 11.0. The summed E-state index contributed by atoms with van der Waals surface area (Å²) in [6.45, 7) is 1.92. The minimum Gasteiger partial charge on any atom is -0.438 e. The highest BCUT2D eigenvalue weighted by Crippen LogP contribution is 2.28. The maximum absolute atomic E-state index is 10.5. The van der Waals surface area contributed by atoms with Gasteiger partial charge in [0.2, 0.25) is 5.88 Å². The number of aromatic nitrogens is 1. The number of nitrogens with zero attached hydrogens (tertiary/aromatic N) is 2. The molecule has 0 spiro atoms. The number of rotatable bonds is 3. The summed E-state index contributed by atoms with van der Waals surface area (Å²) in [5, 5.41) is 10.5. The Morgan fingerprint density at radius 3 is 2.56 bits per heavy atom. The molecule has 0 saturated carbocycles. The van der Waals surface area contributed by atoms with Crippen LogP contribution >= 0.6 is 15.9 Å². The number of aryl methyl sites for hydroxylation is 1. The average molecular weight is 309 g/mol. The summed E-state index contributed by atoms with van der Waals surface area (Å²) in [6.07, 6.45) is 1.69. The Kier molecular flexibility index (Phi) is 3.57. The number of nitro groups is 1. The average Bonchev–Trinajstić information content (AvgIpc) is 2.33. The first-order valence-electron chi connectivity index (χ1n) is 5.11. The fraction of sp³-hybridized carbons (Fsp3) is 0.0833. The molecule has 0 unspecified atom stereocenters. The van der Waals surface area contributed by atoms with Crippen LogP contribution in [0.5, 0.6) is 11.6 Å². The van der Waals surface area contributed by atoms with Crippen LogP contribution in [-0.4, -0.2) is 9.91 Å². The molecular weight excluding hydrogens is 300 g/mol. The molecule has 1 aromatic carbocycles. The molecule has 0 N–H and O–H groups in total. The summed E-state index contributed by atoms with van der Waals surface area (Å²) in [5.41, 5.74) is 1.04. The molecule has 0 radical (unpaired) electrons. The molecule has 0 saturated heterocycles. The zero-order chi connectivity index (χ0) is 13.1. The molecule has 0 atom stereocenters. The third-order valence-electron chi connectivity index (χ3n) is 2.21. The highest BCUT2D eigenvalue weighted by molar-refractivity contribution is 9.10. The maximum atomic E-state index is 10.5. The van der Waals surface area contributed by atoms with E-state index in [9.17, 15) is 10.1 Å². The van der Waals surface area contributed by atoms with Gasteiger partial charge >= 0.3 is 0 Å². The van der Waals surface area contributed by atoms with E-state index < -0.39 is 4.92 Å². The molecule has 1 heterocycles. The smallest absolute Gasteiger partial charge is 0.269 e. The number of pyridine rings is 1. The topological polar surface area (TPSA) is 65.3 Å². The van der Waals surface area contributed by atoms with Crippen LogP contribution in [0.3, 0.4) is 0 Å². The maximum Gasteiger partial charge on any atom is 0.269 e. The quantitative estimate of drug-likeness (QED) is 0.638. The third kappa shape index (κ3) is 2.84. The van der Waals surface area contributed by atoms with Crippen molar-refractivity contribution in [1.29, 1.82) is 0 Å². The number of nitro benzene ring substituents is 1. The Hall–Kier alpha value is -1.95. The SMILES string of the molecule is Cc1cnc(Oc2ccc([N+](=O)[O-])cc2)c(Br)c1. The van der Waals surface area contributed by atoms with Gasteiger partial charge in [-0.25, -0.2) is 4.98 Å². The lowest BCUT2D eigenvalue weighted by molar-refractivity contribution is -0.384. The third-order valence-corrected chi connectivity index (χ3v) is 2.77. The highest BCUT2D eigenvalue weighted by atomic mass is 79.9. The van der Waals surface area contributed by atoms with E-state index in [1.807, 2.05) is 13.0 Å². The van der Waals surface area contributed by atoms with Crippen molar-refractivity contribution in [3.63, 3.8) is 0 Å². The number of benzene rings is 1.